The third-order valence-corrected chi connectivity index (χ3v) is 4.34. The van der Waals surface area contributed by atoms with Crippen LogP contribution in [0.5, 0.6) is 5.75 Å². The lowest BCUT2D eigenvalue weighted by atomic mass is 10.1. The van der Waals surface area contributed by atoms with E-state index in [1.165, 1.54) is 19.2 Å². The van der Waals surface area contributed by atoms with E-state index in [0.717, 1.165) is 12.2 Å². The molecule has 1 aromatic heterocycles. The molecule has 7 nitrogen and oxygen atoms in total. The third kappa shape index (κ3) is 5.51. The van der Waals surface area contributed by atoms with Crippen LogP contribution in [0.1, 0.15) is 10.4 Å². The van der Waals surface area contributed by atoms with Gasteiger partial charge >= 0.3 is 0 Å². The molecule has 1 amide bonds. The predicted octanol–water partition coefficient (Wildman–Crippen LogP) is 3.33. The Bertz CT molecular complexity index is 1010. The third-order valence-electron chi connectivity index (χ3n) is 4.34. The first kappa shape index (κ1) is 21.2. The van der Waals surface area contributed by atoms with Crippen LogP contribution in [-0.4, -0.2) is 55.1 Å². The minimum atomic E-state index is -0.381. The summed E-state index contributed by atoms with van der Waals surface area (Å²) in [5, 5.41) is 5.99. The number of halogens is 1. The van der Waals surface area contributed by atoms with Gasteiger partial charge in [-0.15, -0.1) is 0 Å². The monoisotopic (exact) mass is 409 g/mol. The number of amides is 1. The lowest BCUT2D eigenvalue weighted by Gasteiger charge is -2.11. The summed E-state index contributed by atoms with van der Waals surface area (Å²) in [5.74, 6) is 0.269. The number of methoxy groups -OCH3 is 1. The van der Waals surface area contributed by atoms with E-state index in [1.807, 2.05) is 19.0 Å². The Morgan fingerprint density at radius 3 is 2.60 bits per heavy atom. The Morgan fingerprint density at radius 2 is 1.90 bits per heavy atom. The van der Waals surface area contributed by atoms with Crippen molar-refractivity contribution in [2.45, 2.75) is 0 Å². The van der Waals surface area contributed by atoms with Crippen LogP contribution in [0.4, 0.5) is 16.0 Å². The van der Waals surface area contributed by atoms with E-state index in [1.54, 1.807) is 42.6 Å². The molecule has 8 heteroatoms. The number of likely N-dealkylation sites (N-methyl/N-ethyl adjacent to an activating group) is 1. The molecule has 0 aliphatic rings. The number of benzene rings is 2. The van der Waals surface area contributed by atoms with Crippen molar-refractivity contribution in [2.75, 3.05) is 39.6 Å². The summed E-state index contributed by atoms with van der Waals surface area (Å²) in [6, 6.07) is 13.1. The molecule has 0 saturated heterocycles. The average molecular weight is 409 g/mol. The maximum atomic E-state index is 13.5. The molecule has 0 radical (unpaired) electrons. The Morgan fingerprint density at radius 1 is 1.13 bits per heavy atom. The fraction of sp³-hybridized carbons (Fsp3) is 0.227. The molecule has 2 aromatic carbocycles. The van der Waals surface area contributed by atoms with Gasteiger partial charge in [0.1, 0.15) is 11.6 Å². The van der Waals surface area contributed by atoms with Crippen LogP contribution in [0, 0.1) is 5.82 Å². The largest absolute Gasteiger partial charge is 0.496 e. The van der Waals surface area contributed by atoms with Crippen LogP contribution >= 0.6 is 0 Å². The summed E-state index contributed by atoms with van der Waals surface area (Å²) in [7, 11) is 5.39. The molecule has 0 unspecified atom stereocenters. The topological polar surface area (TPSA) is 79.4 Å². The SMILES string of the molecule is COc1cc(F)ccc1-c1ccnc(Nc2ccc(C(=O)NCCN(C)C)cc2)n1. The number of ether oxygens (including phenoxy) is 1. The van der Waals surface area contributed by atoms with Crippen molar-refractivity contribution in [3.05, 3.63) is 66.1 Å². The first-order chi connectivity index (χ1) is 14.5. The number of hydrogen-bond acceptors (Lipinski definition) is 6. The smallest absolute Gasteiger partial charge is 0.251 e. The first-order valence-corrected chi connectivity index (χ1v) is 9.43. The number of nitrogens with one attached hydrogen (secondary N) is 2. The van der Waals surface area contributed by atoms with Gasteiger partial charge in [-0.25, -0.2) is 14.4 Å². The summed E-state index contributed by atoms with van der Waals surface area (Å²) < 4.78 is 18.7. The Balaban J connectivity index is 1.70. The van der Waals surface area contributed by atoms with E-state index in [-0.39, 0.29) is 11.7 Å². The quantitative estimate of drug-likeness (QED) is 0.594. The van der Waals surface area contributed by atoms with Crippen molar-refractivity contribution < 1.29 is 13.9 Å². The van der Waals surface area contributed by atoms with Gasteiger partial charge in [0.25, 0.3) is 5.91 Å². The Kier molecular flexibility index (Phi) is 6.92. The number of carbonyl (C=O) groups excluding carboxylic acids is 1. The van der Waals surface area contributed by atoms with E-state index in [2.05, 4.69) is 20.6 Å². The molecule has 0 bridgehead atoms. The minimum Gasteiger partial charge on any atom is -0.496 e. The summed E-state index contributed by atoms with van der Waals surface area (Å²) >= 11 is 0. The second-order valence-corrected chi connectivity index (χ2v) is 6.87. The molecule has 0 atom stereocenters. The molecule has 0 aliphatic heterocycles. The summed E-state index contributed by atoms with van der Waals surface area (Å²) in [4.78, 5) is 22.9. The lowest BCUT2D eigenvalue weighted by Crippen LogP contribution is -2.31. The van der Waals surface area contributed by atoms with Gasteiger partial charge in [0.15, 0.2) is 0 Å². The van der Waals surface area contributed by atoms with Crippen molar-refractivity contribution in [1.29, 1.82) is 0 Å². The second kappa shape index (κ2) is 9.80. The van der Waals surface area contributed by atoms with Gasteiger partial charge in [-0.3, -0.25) is 4.79 Å². The maximum absolute atomic E-state index is 13.5. The van der Waals surface area contributed by atoms with Crippen LogP contribution in [0.25, 0.3) is 11.3 Å². The number of nitrogens with zero attached hydrogens (tertiary/aromatic N) is 3. The zero-order valence-corrected chi connectivity index (χ0v) is 17.1. The van der Waals surface area contributed by atoms with Crippen molar-refractivity contribution in [2.24, 2.45) is 0 Å². The molecular weight excluding hydrogens is 385 g/mol. The van der Waals surface area contributed by atoms with E-state index in [9.17, 15) is 9.18 Å². The lowest BCUT2D eigenvalue weighted by molar-refractivity contribution is 0.0951. The summed E-state index contributed by atoms with van der Waals surface area (Å²) in [5.41, 5.74) is 2.57. The molecule has 0 saturated carbocycles. The van der Waals surface area contributed by atoms with E-state index in [4.69, 9.17) is 4.74 Å². The second-order valence-electron chi connectivity index (χ2n) is 6.87. The molecule has 0 fully saturated rings. The standard InChI is InChI=1S/C22H24FN5O2/c1-28(2)13-12-24-21(29)15-4-7-17(8-5-15)26-22-25-11-10-19(27-22)18-9-6-16(23)14-20(18)30-3/h4-11,14H,12-13H2,1-3H3,(H,24,29)(H,25,26,27). The van der Waals surface area contributed by atoms with Crippen molar-refractivity contribution >= 4 is 17.5 Å². The number of anilines is 2. The predicted molar refractivity (Wildman–Crippen MR) is 115 cm³/mol. The Labute approximate surface area is 174 Å². The van der Waals surface area contributed by atoms with Crippen molar-refractivity contribution in [1.82, 2.24) is 20.2 Å². The summed E-state index contributed by atoms with van der Waals surface area (Å²) in [6.45, 7) is 1.36. The number of carbonyl (C=O) groups is 1. The zero-order chi connectivity index (χ0) is 21.5. The van der Waals surface area contributed by atoms with Gasteiger partial charge in [-0.1, -0.05) is 0 Å². The molecule has 0 aliphatic carbocycles. The van der Waals surface area contributed by atoms with Gasteiger partial charge in [0.05, 0.1) is 12.8 Å². The van der Waals surface area contributed by atoms with Gasteiger partial charge < -0.3 is 20.3 Å². The zero-order valence-electron chi connectivity index (χ0n) is 17.1. The van der Waals surface area contributed by atoms with Gasteiger partial charge in [-0.2, -0.15) is 0 Å². The van der Waals surface area contributed by atoms with Crippen LogP contribution in [0.2, 0.25) is 0 Å². The molecule has 3 rings (SSSR count). The van der Waals surface area contributed by atoms with Crippen LogP contribution in [0.3, 0.4) is 0 Å². The Hall–Kier alpha value is -3.52. The van der Waals surface area contributed by atoms with E-state index >= 15 is 0 Å². The molecule has 0 spiro atoms. The number of rotatable bonds is 8. The van der Waals surface area contributed by atoms with Gasteiger partial charge in [0.2, 0.25) is 5.95 Å². The summed E-state index contributed by atoms with van der Waals surface area (Å²) in [6.07, 6.45) is 1.61. The van der Waals surface area contributed by atoms with E-state index < -0.39 is 0 Å². The molecule has 1 heterocycles. The molecule has 30 heavy (non-hydrogen) atoms. The highest BCUT2D eigenvalue weighted by atomic mass is 19.1. The first-order valence-electron chi connectivity index (χ1n) is 9.43. The van der Waals surface area contributed by atoms with E-state index in [0.29, 0.717) is 35.1 Å². The van der Waals surface area contributed by atoms with Crippen LogP contribution < -0.4 is 15.4 Å². The van der Waals surface area contributed by atoms with Crippen LogP contribution in [-0.2, 0) is 0 Å². The van der Waals surface area contributed by atoms with Crippen LogP contribution in [0.15, 0.2) is 54.7 Å². The number of aromatic nitrogens is 2. The van der Waals surface area contributed by atoms with Gasteiger partial charge in [0, 0.05) is 42.2 Å². The minimum absolute atomic E-state index is 0.120. The fourth-order valence-corrected chi connectivity index (χ4v) is 2.77. The maximum Gasteiger partial charge on any atom is 0.251 e. The van der Waals surface area contributed by atoms with Crippen molar-refractivity contribution in [3.63, 3.8) is 0 Å². The molecule has 156 valence electrons. The highest BCUT2D eigenvalue weighted by molar-refractivity contribution is 5.94. The van der Waals surface area contributed by atoms with Gasteiger partial charge in [-0.05, 0) is 56.6 Å². The molecule has 3 aromatic rings. The fourth-order valence-electron chi connectivity index (χ4n) is 2.77. The molecular formula is C22H24FN5O2. The normalized spacial score (nSPS) is 10.7. The highest BCUT2D eigenvalue weighted by Crippen LogP contribution is 2.29. The average Bonchev–Trinajstić information content (AvgIpc) is 2.74. The number of hydrogen-bond donors (Lipinski definition) is 2. The molecule has 2 N–H and O–H groups in total. The highest BCUT2D eigenvalue weighted by Gasteiger charge is 2.10. The van der Waals surface area contributed by atoms with Crippen molar-refractivity contribution in [3.8, 4) is 17.0 Å².